The Balaban J connectivity index is 1.75. The summed E-state index contributed by atoms with van der Waals surface area (Å²) >= 11 is 0. The van der Waals surface area contributed by atoms with E-state index in [2.05, 4.69) is 9.97 Å². The highest BCUT2D eigenvalue weighted by atomic mass is 32.2. The number of anilines is 1. The topological polar surface area (TPSA) is 95.2 Å². The van der Waals surface area contributed by atoms with Crippen molar-refractivity contribution in [1.82, 2.24) is 9.97 Å². The summed E-state index contributed by atoms with van der Waals surface area (Å²) in [7, 11) is -3.31. The van der Waals surface area contributed by atoms with Crippen LogP contribution in [0.2, 0.25) is 0 Å². The standard InChI is InChI=1S/C21H23N3O3S/c1-15(2)28(25,26)18-10-8-17(9-11-18)19-14-23-20(22)21(24-19)27-13-12-16-6-4-3-5-7-16/h3-11,14-15H,12-13H2,1-2H3,(H2,22,23). The van der Waals surface area contributed by atoms with Crippen molar-refractivity contribution < 1.29 is 13.2 Å². The summed E-state index contributed by atoms with van der Waals surface area (Å²) in [6.07, 6.45) is 2.28. The van der Waals surface area contributed by atoms with Gasteiger partial charge in [0.1, 0.15) is 0 Å². The molecule has 0 aliphatic heterocycles. The molecule has 7 heteroatoms. The molecule has 0 aliphatic rings. The van der Waals surface area contributed by atoms with E-state index in [4.69, 9.17) is 10.5 Å². The van der Waals surface area contributed by atoms with E-state index in [1.807, 2.05) is 30.3 Å². The van der Waals surface area contributed by atoms with Gasteiger partial charge in [0, 0.05) is 12.0 Å². The summed E-state index contributed by atoms with van der Waals surface area (Å²) < 4.78 is 30.2. The van der Waals surface area contributed by atoms with E-state index in [0.29, 0.717) is 12.3 Å². The molecule has 1 aromatic heterocycles. The van der Waals surface area contributed by atoms with Crippen LogP contribution >= 0.6 is 0 Å². The van der Waals surface area contributed by atoms with Gasteiger partial charge in [-0.15, -0.1) is 0 Å². The van der Waals surface area contributed by atoms with E-state index in [9.17, 15) is 8.42 Å². The maximum Gasteiger partial charge on any atom is 0.257 e. The second-order valence-corrected chi connectivity index (χ2v) is 9.15. The fraction of sp³-hybridized carbons (Fsp3) is 0.238. The Bertz CT molecular complexity index is 1030. The summed E-state index contributed by atoms with van der Waals surface area (Å²) in [5, 5.41) is -0.473. The molecule has 0 radical (unpaired) electrons. The van der Waals surface area contributed by atoms with Crippen molar-refractivity contribution >= 4 is 15.7 Å². The van der Waals surface area contributed by atoms with E-state index < -0.39 is 15.1 Å². The van der Waals surface area contributed by atoms with Crippen LogP contribution < -0.4 is 10.5 Å². The summed E-state index contributed by atoms with van der Waals surface area (Å²) in [6.45, 7) is 3.75. The van der Waals surface area contributed by atoms with Gasteiger partial charge in [-0.1, -0.05) is 42.5 Å². The van der Waals surface area contributed by atoms with E-state index >= 15 is 0 Å². The molecule has 0 saturated carbocycles. The van der Waals surface area contributed by atoms with Crippen molar-refractivity contribution in [2.45, 2.75) is 30.4 Å². The molecule has 0 saturated heterocycles. The summed E-state index contributed by atoms with van der Waals surface area (Å²) in [4.78, 5) is 8.88. The van der Waals surface area contributed by atoms with Crippen LogP contribution in [0, 0.1) is 0 Å². The van der Waals surface area contributed by atoms with Gasteiger partial charge in [-0.05, 0) is 31.5 Å². The summed E-state index contributed by atoms with van der Waals surface area (Å²) in [5.41, 5.74) is 8.35. The number of nitrogens with zero attached hydrogens (tertiary/aromatic N) is 2. The second-order valence-electron chi connectivity index (χ2n) is 6.65. The van der Waals surface area contributed by atoms with Gasteiger partial charge in [-0.3, -0.25) is 0 Å². The van der Waals surface area contributed by atoms with Crippen LogP contribution in [-0.2, 0) is 16.3 Å². The van der Waals surface area contributed by atoms with E-state index in [1.54, 1.807) is 44.3 Å². The third-order valence-electron chi connectivity index (χ3n) is 4.34. The molecular formula is C21H23N3O3S. The molecule has 2 N–H and O–H groups in total. The second kappa shape index (κ2) is 8.39. The average molecular weight is 398 g/mol. The van der Waals surface area contributed by atoms with E-state index in [0.717, 1.165) is 17.5 Å². The highest BCUT2D eigenvalue weighted by Crippen LogP contribution is 2.25. The molecule has 0 bridgehead atoms. The van der Waals surface area contributed by atoms with Gasteiger partial charge in [0.05, 0.1) is 28.6 Å². The van der Waals surface area contributed by atoms with Crippen LogP contribution in [0.5, 0.6) is 5.88 Å². The van der Waals surface area contributed by atoms with Crippen molar-refractivity contribution in [3.8, 4) is 17.1 Å². The Labute approximate surface area is 165 Å². The predicted molar refractivity (Wildman–Crippen MR) is 110 cm³/mol. The van der Waals surface area contributed by atoms with Crippen LogP contribution in [-0.4, -0.2) is 30.2 Å². The highest BCUT2D eigenvalue weighted by molar-refractivity contribution is 7.92. The molecule has 6 nitrogen and oxygen atoms in total. The van der Waals surface area contributed by atoms with Gasteiger partial charge < -0.3 is 10.5 Å². The van der Waals surface area contributed by atoms with Gasteiger partial charge in [-0.25, -0.2) is 18.4 Å². The third kappa shape index (κ3) is 4.48. The molecule has 1 heterocycles. The lowest BCUT2D eigenvalue weighted by Gasteiger charge is -2.10. The molecule has 0 atom stereocenters. The predicted octanol–water partition coefficient (Wildman–Crippen LogP) is 3.53. The minimum atomic E-state index is -3.31. The lowest BCUT2D eigenvalue weighted by Crippen LogP contribution is -2.13. The minimum absolute atomic E-state index is 0.218. The maximum atomic E-state index is 12.2. The van der Waals surface area contributed by atoms with Crippen molar-refractivity contribution in [3.63, 3.8) is 0 Å². The zero-order valence-corrected chi connectivity index (χ0v) is 16.7. The zero-order valence-electron chi connectivity index (χ0n) is 15.9. The number of hydrogen-bond donors (Lipinski definition) is 1. The minimum Gasteiger partial charge on any atom is -0.475 e. The average Bonchev–Trinajstić information content (AvgIpc) is 2.70. The molecule has 2 aromatic carbocycles. The highest BCUT2D eigenvalue weighted by Gasteiger charge is 2.19. The molecule has 28 heavy (non-hydrogen) atoms. The van der Waals surface area contributed by atoms with E-state index in [-0.39, 0.29) is 16.6 Å². The van der Waals surface area contributed by atoms with Crippen LogP contribution in [0.3, 0.4) is 0 Å². The largest absolute Gasteiger partial charge is 0.475 e. The fourth-order valence-electron chi connectivity index (χ4n) is 2.62. The first-order valence-electron chi connectivity index (χ1n) is 9.01. The fourth-order valence-corrected chi connectivity index (χ4v) is 3.68. The van der Waals surface area contributed by atoms with Gasteiger partial charge in [-0.2, -0.15) is 0 Å². The number of ether oxygens (including phenoxy) is 1. The molecule has 146 valence electrons. The number of nitrogen functional groups attached to an aromatic ring is 1. The number of aromatic nitrogens is 2. The Kier molecular flexibility index (Phi) is 5.94. The molecular weight excluding hydrogens is 374 g/mol. The van der Waals surface area contributed by atoms with Gasteiger partial charge >= 0.3 is 0 Å². The molecule has 3 aromatic rings. The smallest absolute Gasteiger partial charge is 0.257 e. The number of nitrogens with two attached hydrogens (primary N) is 1. The molecule has 3 rings (SSSR count). The van der Waals surface area contributed by atoms with Crippen LogP contribution in [0.15, 0.2) is 65.7 Å². The van der Waals surface area contributed by atoms with Crippen molar-refractivity contribution in [2.24, 2.45) is 0 Å². The lowest BCUT2D eigenvalue weighted by molar-refractivity contribution is 0.310. The van der Waals surface area contributed by atoms with Crippen molar-refractivity contribution in [2.75, 3.05) is 12.3 Å². The Morgan fingerprint density at radius 1 is 1.04 bits per heavy atom. The zero-order chi connectivity index (χ0) is 20.1. The molecule has 0 amide bonds. The Hall–Kier alpha value is -2.93. The first-order valence-corrected chi connectivity index (χ1v) is 10.6. The summed E-state index contributed by atoms with van der Waals surface area (Å²) in [5.74, 6) is 0.489. The number of rotatable bonds is 7. The van der Waals surface area contributed by atoms with Gasteiger partial charge in [0.25, 0.3) is 5.88 Å². The van der Waals surface area contributed by atoms with Gasteiger partial charge in [0.15, 0.2) is 15.7 Å². The SMILES string of the molecule is CC(C)S(=O)(=O)c1ccc(-c2cnc(N)c(OCCc3ccccc3)n2)cc1. The molecule has 0 spiro atoms. The Morgan fingerprint density at radius 2 is 1.71 bits per heavy atom. The van der Waals surface area contributed by atoms with Crippen LogP contribution in [0.25, 0.3) is 11.3 Å². The normalized spacial score (nSPS) is 11.5. The molecule has 0 fully saturated rings. The van der Waals surface area contributed by atoms with Crippen LogP contribution in [0.4, 0.5) is 5.82 Å². The molecule has 0 unspecified atom stereocenters. The van der Waals surface area contributed by atoms with Crippen LogP contribution in [0.1, 0.15) is 19.4 Å². The monoisotopic (exact) mass is 397 g/mol. The van der Waals surface area contributed by atoms with E-state index in [1.165, 1.54) is 0 Å². The lowest BCUT2D eigenvalue weighted by atomic mass is 10.2. The molecule has 0 aliphatic carbocycles. The Morgan fingerprint density at radius 3 is 2.36 bits per heavy atom. The quantitative estimate of drug-likeness (QED) is 0.655. The number of sulfone groups is 1. The number of hydrogen-bond acceptors (Lipinski definition) is 6. The van der Waals surface area contributed by atoms with Gasteiger partial charge in [0.2, 0.25) is 0 Å². The first kappa shape index (κ1) is 19.8. The summed E-state index contributed by atoms with van der Waals surface area (Å²) in [6, 6.07) is 16.6. The third-order valence-corrected chi connectivity index (χ3v) is 6.51. The van der Waals surface area contributed by atoms with Crippen molar-refractivity contribution in [3.05, 3.63) is 66.4 Å². The maximum absolute atomic E-state index is 12.2. The first-order chi connectivity index (χ1) is 13.4. The number of benzene rings is 2. The van der Waals surface area contributed by atoms with Crippen molar-refractivity contribution in [1.29, 1.82) is 0 Å².